The molecule has 0 spiro atoms. The zero-order valence-electron chi connectivity index (χ0n) is 19.6. The Labute approximate surface area is 203 Å². The normalized spacial score (nSPS) is 11.4. The van der Waals surface area contributed by atoms with Gasteiger partial charge in [-0.05, 0) is 67.4 Å². The number of carbonyl (C=O) groups is 1. The van der Waals surface area contributed by atoms with Gasteiger partial charge in [0.15, 0.2) is 0 Å². The number of ether oxygens (including phenoxy) is 1. The summed E-state index contributed by atoms with van der Waals surface area (Å²) in [7, 11) is -2.69. The summed E-state index contributed by atoms with van der Waals surface area (Å²) in [6.45, 7) is 3.57. The first kappa shape index (κ1) is 24.2. The Bertz CT molecular complexity index is 1560. The summed E-state index contributed by atoms with van der Waals surface area (Å²) in [5.41, 5.74) is 1.96. The average Bonchev–Trinajstić information content (AvgIpc) is 2.86. The number of carbonyl (C=O) groups excluding carboxylic acids is 1. The lowest BCUT2D eigenvalue weighted by atomic mass is 10.1. The Kier molecular flexibility index (Phi) is 6.70. The summed E-state index contributed by atoms with van der Waals surface area (Å²) in [5.74, 6) is 0.110. The number of fused-ring (bicyclic) bond motifs is 1. The third-order valence-electron chi connectivity index (χ3n) is 5.65. The molecule has 2 aromatic heterocycles. The maximum Gasteiger partial charge on any atom is 0.244 e. The summed E-state index contributed by atoms with van der Waals surface area (Å²) < 4.78 is 33.2. The second-order valence-corrected chi connectivity index (χ2v) is 9.97. The number of methoxy groups -OCH3 is 1. The van der Waals surface area contributed by atoms with E-state index in [9.17, 15) is 18.0 Å². The van der Waals surface area contributed by atoms with Crippen LogP contribution < -0.4 is 15.5 Å². The van der Waals surface area contributed by atoms with Crippen molar-refractivity contribution in [3.8, 4) is 5.75 Å². The van der Waals surface area contributed by atoms with E-state index in [1.54, 1.807) is 13.0 Å². The molecule has 0 unspecified atom stereocenters. The minimum absolute atomic E-state index is 0.0539. The van der Waals surface area contributed by atoms with Gasteiger partial charge in [-0.3, -0.25) is 9.59 Å². The molecule has 0 aliphatic carbocycles. The molecule has 9 heteroatoms. The average molecular weight is 492 g/mol. The minimum Gasteiger partial charge on any atom is -0.497 e. The third-order valence-corrected chi connectivity index (χ3v) is 7.41. The van der Waals surface area contributed by atoms with Crippen LogP contribution in [0.4, 0.5) is 5.69 Å². The van der Waals surface area contributed by atoms with Crippen LogP contribution in [0, 0.1) is 6.92 Å². The topological polar surface area (TPSA) is 107 Å². The van der Waals surface area contributed by atoms with E-state index >= 15 is 0 Å². The van der Waals surface area contributed by atoms with E-state index in [-0.39, 0.29) is 28.4 Å². The predicted octanol–water partition coefficient (Wildman–Crippen LogP) is 3.75. The van der Waals surface area contributed by atoms with E-state index in [4.69, 9.17) is 4.74 Å². The lowest BCUT2D eigenvalue weighted by Crippen LogP contribution is -2.24. The first-order valence-electron chi connectivity index (χ1n) is 11.0. The van der Waals surface area contributed by atoms with Crippen LogP contribution in [-0.2, 0) is 27.6 Å². The van der Waals surface area contributed by atoms with Crippen molar-refractivity contribution in [2.24, 2.45) is 0 Å². The monoisotopic (exact) mass is 491 g/mol. The van der Waals surface area contributed by atoms with Gasteiger partial charge in [0.1, 0.15) is 22.8 Å². The molecule has 0 radical (unpaired) electrons. The van der Waals surface area contributed by atoms with Crippen LogP contribution in [0.25, 0.3) is 11.0 Å². The SMILES string of the molecule is CCc1ccc(NC(=O)Cn2cc(S(=O)(=O)c3ccc(OC)cc3)c(=O)c3ccc(C)nc32)cc1. The van der Waals surface area contributed by atoms with E-state index in [1.165, 1.54) is 48.2 Å². The van der Waals surface area contributed by atoms with Gasteiger partial charge in [0.05, 0.1) is 17.4 Å². The molecule has 0 fully saturated rings. The number of sulfone groups is 1. The predicted molar refractivity (Wildman–Crippen MR) is 134 cm³/mol. The maximum absolute atomic E-state index is 13.4. The maximum atomic E-state index is 13.4. The quantitative estimate of drug-likeness (QED) is 0.422. The van der Waals surface area contributed by atoms with Crippen LogP contribution in [-0.4, -0.2) is 31.0 Å². The molecule has 0 bridgehead atoms. The molecule has 4 aromatic rings. The molecular formula is C26H25N3O5S. The third kappa shape index (κ3) is 4.95. The molecule has 0 aliphatic rings. The van der Waals surface area contributed by atoms with Gasteiger partial charge in [0.2, 0.25) is 21.2 Å². The van der Waals surface area contributed by atoms with Crippen molar-refractivity contribution in [3.63, 3.8) is 0 Å². The van der Waals surface area contributed by atoms with Crippen LogP contribution >= 0.6 is 0 Å². The van der Waals surface area contributed by atoms with Gasteiger partial charge in [-0.25, -0.2) is 13.4 Å². The van der Waals surface area contributed by atoms with Crippen molar-refractivity contribution < 1.29 is 17.9 Å². The van der Waals surface area contributed by atoms with Crippen molar-refractivity contribution in [1.82, 2.24) is 9.55 Å². The number of amides is 1. The standard InChI is InChI=1S/C26H25N3O5S/c1-4-18-6-8-19(9-7-18)28-24(30)16-29-15-23(25(31)22-14-5-17(2)27-26(22)29)35(32,33)21-12-10-20(34-3)11-13-21/h5-15H,4,16H2,1-3H3,(H,28,30). The molecule has 35 heavy (non-hydrogen) atoms. The molecule has 0 aliphatic heterocycles. The van der Waals surface area contributed by atoms with Gasteiger partial charge in [-0.1, -0.05) is 19.1 Å². The Morgan fingerprint density at radius 3 is 2.34 bits per heavy atom. The molecule has 1 N–H and O–H groups in total. The second kappa shape index (κ2) is 9.71. The number of hydrogen-bond acceptors (Lipinski definition) is 6. The fourth-order valence-electron chi connectivity index (χ4n) is 3.71. The minimum atomic E-state index is -4.17. The molecule has 180 valence electrons. The van der Waals surface area contributed by atoms with Crippen LogP contribution in [0.3, 0.4) is 0 Å². The van der Waals surface area contributed by atoms with Gasteiger partial charge < -0.3 is 14.6 Å². The Morgan fingerprint density at radius 2 is 1.71 bits per heavy atom. The number of benzene rings is 2. The van der Waals surface area contributed by atoms with Gasteiger partial charge in [-0.15, -0.1) is 0 Å². The second-order valence-electron chi connectivity index (χ2n) is 8.05. The largest absolute Gasteiger partial charge is 0.497 e. The van der Waals surface area contributed by atoms with E-state index in [2.05, 4.69) is 10.3 Å². The van der Waals surface area contributed by atoms with Gasteiger partial charge >= 0.3 is 0 Å². The van der Waals surface area contributed by atoms with Crippen molar-refractivity contribution in [2.45, 2.75) is 36.6 Å². The fraction of sp³-hybridized carbons (Fsp3) is 0.192. The number of anilines is 1. The Hall–Kier alpha value is -3.98. The number of aromatic nitrogens is 2. The lowest BCUT2D eigenvalue weighted by molar-refractivity contribution is -0.116. The summed E-state index contributed by atoms with van der Waals surface area (Å²) in [6.07, 6.45) is 2.07. The number of pyridine rings is 2. The molecule has 1 amide bonds. The zero-order chi connectivity index (χ0) is 25.2. The first-order valence-corrected chi connectivity index (χ1v) is 12.5. The van der Waals surface area contributed by atoms with Gasteiger partial charge in [-0.2, -0.15) is 0 Å². The van der Waals surface area contributed by atoms with Gasteiger partial charge in [0, 0.05) is 17.6 Å². The highest BCUT2D eigenvalue weighted by atomic mass is 32.2. The summed E-state index contributed by atoms with van der Waals surface area (Å²) in [5, 5.41) is 2.93. The molecule has 0 saturated carbocycles. The fourth-order valence-corrected chi connectivity index (χ4v) is 5.07. The van der Waals surface area contributed by atoms with E-state index in [1.807, 2.05) is 31.2 Å². The van der Waals surface area contributed by atoms with E-state index < -0.39 is 20.2 Å². The zero-order valence-corrected chi connectivity index (χ0v) is 20.4. The first-order chi connectivity index (χ1) is 16.7. The highest BCUT2D eigenvalue weighted by Crippen LogP contribution is 2.23. The Balaban J connectivity index is 1.77. The van der Waals surface area contributed by atoms with E-state index in [0.29, 0.717) is 17.1 Å². The highest BCUT2D eigenvalue weighted by molar-refractivity contribution is 7.91. The number of nitrogens with zero attached hydrogens (tertiary/aromatic N) is 2. The molecule has 0 saturated heterocycles. The molecule has 0 atom stereocenters. The van der Waals surface area contributed by atoms with Crippen LogP contribution in [0.2, 0.25) is 0 Å². The number of hydrogen-bond donors (Lipinski definition) is 1. The van der Waals surface area contributed by atoms with Crippen molar-refractivity contribution >= 4 is 32.5 Å². The lowest BCUT2D eigenvalue weighted by Gasteiger charge is -2.14. The smallest absolute Gasteiger partial charge is 0.244 e. The molecule has 4 rings (SSSR count). The van der Waals surface area contributed by atoms with Crippen molar-refractivity contribution in [1.29, 1.82) is 0 Å². The molecule has 2 heterocycles. The number of rotatable bonds is 7. The van der Waals surface area contributed by atoms with Crippen LogP contribution in [0.5, 0.6) is 5.75 Å². The summed E-state index contributed by atoms with van der Waals surface area (Å²) >= 11 is 0. The molecule has 2 aromatic carbocycles. The van der Waals surface area contributed by atoms with Crippen LogP contribution in [0.15, 0.2) is 81.4 Å². The molecule has 8 nitrogen and oxygen atoms in total. The number of aryl methyl sites for hydroxylation is 2. The van der Waals surface area contributed by atoms with Gasteiger partial charge in [0.25, 0.3) is 0 Å². The summed E-state index contributed by atoms with van der Waals surface area (Å²) in [4.78, 5) is 30.0. The van der Waals surface area contributed by atoms with Crippen LogP contribution in [0.1, 0.15) is 18.2 Å². The van der Waals surface area contributed by atoms with E-state index in [0.717, 1.165) is 12.0 Å². The van der Waals surface area contributed by atoms with Crippen molar-refractivity contribution in [3.05, 3.63) is 88.3 Å². The van der Waals surface area contributed by atoms with Crippen molar-refractivity contribution in [2.75, 3.05) is 12.4 Å². The summed E-state index contributed by atoms with van der Waals surface area (Å²) in [6, 6.07) is 16.4. The highest BCUT2D eigenvalue weighted by Gasteiger charge is 2.25. The number of nitrogens with one attached hydrogen (secondary N) is 1. The Morgan fingerprint density at radius 1 is 1.03 bits per heavy atom. The molecular weight excluding hydrogens is 466 g/mol.